The second-order valence-corrected chi connectivity index (χ2v) is 6.57. The van der Waals surface area contributed by atoms with E-state index in [-0.39, 0.29) is 6.10 Å². The maximum Gasteiger partial charge on any atom is 0.127 e. The predicted molar refractivity (Wildman–Crippen MR) is 96.5 cm³/mol. The van der Waals surface area contributed by atoms with Crippen LogP contribution in [0.4, 0.5) is 0 Å². The fraction of sp³-hybridized carbons (Fsp3) is 0.500. The Bertz CT molecular complexity index is 629. The van der Waals surface area contributed by atoms with E-state index >= 15 is 0 Å². The van der Waals surface area contributed by atoms with Gasteiger partial charge in [0.05, 0.1) is 0 Å². The van der Waals surface area contributed by atoms with Gasteiger partial charge in [0, 0.05) is 31.7 Å². The summed E-state index contributed by atoms with van der Waals surface area (Å²) in [6, 6.07) is 14.2. The summed E-state index contributed by atoms with van der Waals surface area (Å²) in [6.45, 7) is 3.64. The molecule has 0 saturated carbocycles. The van der Waals surface area contributed by atoms with E-state index in [1.165, 1.54) is 18.2 Å². The Kier molecular flexibility index (Phi) is 6.07. The normalized spacial score (nSPS) is 24.4. The Morgan fingerprint density at radius 3 is 2.54 bits per heavy atom. The molecule has 2 atom stereocenters. The number of aliphatic hydroxyl groups is 1. The van der Waals surface area contributed by atoms with Crippen molar-refractivity contribution >= 4 is 10.8 Å². The van der Waals surface area contributed by atoms with Gasteiger partial charge in [-0.15, -0.1) is 0 Å². The molecule has 0 radical (unpaired) electrons. The van der Waals surface area contributed by atoms with E-state index in [1.54, 1.807) is 0 Å². The number of fused-ring (bicyclic) bond motifs is 1. The number of rotatable bonds is 2. The van der Waals surface area contributed by atoms with Gasteiger partial charge in [0.25, 0.3) is 0 Å². The van der Waals surface area contributed by atoms with Crippen LogP contribution in [0.2, 0.25) is 0 Å². The van der Waals surface area contributed by atoms with Gasteiger partial charge in [0.15, 0.2) is 0 Å². The molecule has 0 unspecified atom stereocenters. The second-order valence-electron chi connectivity index (χ2n) is 6.57. The Morgan fingerprint density at radius 1 is 1.08 bits per heavy atom. The summed E-state index contributed by atoms with van der Waals surface area (Å²) in [7, 11) is 2.03. The fourth-order valence-corrected chi connectivity index (χ4v) is 3.18. The van der Waals surface area contributed by atoms with Crippen molar-refractivity contribution in [2.75, 3.05) is 33.4 Å². The lowest BCUT2D eigenvalue weighted by Crippen LogP contribution is -2.47. The highest BCUT2D eigenvalue weighted by Crippen LogP contribution is 2.27. The monoisotopic (exact) mass is 329 g/mol. The van der Waals surface area contributed by atoms with Crippen LogP contribution in [0.5, 0.6) is 5.75 Å². The highest BCUT2D eigenvalue weighted by Gasteiger charge is 2.27. The molecule has 0 bridgehead atoms. The number of hydrogen-bond donors (Lipinski definition) is 1. The van der Waals surface area contributed by atoms with Crippen molar-refractivity contribution in [3.05, 3.63) is 42.5 Å². The first-order valence-electron chi connectivity index (χ1n) is 8.83. The van der Waals surface area contributed by atoms with E-state index in [0.29, 0.717) is 6.54 Å². The maximum absolute atomic E-state index is 10.1. The van der Waals surface area contributed by atoms with Crippen LogP contribution >= 0.6 is 0 Å². The number of ether oxygens (including phenoxy) is 2. The molecule has 2 aliphatic rings. The van der Waals surface area contributed by atoms with Gasteiger partial charge in [-0.1, -0.05) is 36.4 Å². The van der Waals surface area contributed by atoms with Crippen molar-refractivity contribution in [1.29, 1.82) is 0 Å². The average molecular weight is 329 g/mol. The largest absolute Gasteiger partial charge is 0.487 e. The third-order valence-electron chi connectivity index (χ3n) is 4.58. The first-order chi connectivity index (χ1) is 11.7. The highest BCUT2D eigenvalue weighted by atomic mass is 16.5. The molecular weight excluding hydrogens is 302 g/mol. The predicted octanol–water partition coefficient (Wildman–Crippen LogP) is 3.08. The smallest absolute Gasteiger partial charge is 0.127 e. The molecule has 1 N–H and O–H groups in total. The van der Waals surface area contributed by atoms with Gasteiger partial charge in [0.1, 0.15) is 18.0 Å². The number of likely N-dealkylation sites (tertiary alicyclic amines) is 1. The third kappa shape index (κ3) is 4.47. The maximum atomic E-state index is 10.1. The molecule has 2 saturated heterocycles. The molecular formula is C20H27NO3. The molecule has 2 aromatic carbocycles. The summed E-state index contributed by atoms with van der Waals surface area (Å²) in [5, 5.41) is 12.4. The number of piperidine rings is 1. The van der Waals surface area contributed by atoms with Crippen LogP contribution in [0.3, 0.4) is 0 Å². The van der Waals surface area contributed by atoms with E-state index in [4.69, 9.17) is 9.47 Å². The number of benzene rings is 2. The highest BCUT2D eigenvalue weighted by molar-refractivity contribution is 5.88. The molecule has 4 rings (SSSR count). The minimum atomic E-state index is -0.419. The van der Waals surface area contributed by atoms with Gasteiger partial charge in [-0.05, 0) is 37.8 Å². The van der Waals surface area contributed by atoms with Gasteiger partial charge in [-0.3, -0.25) is 0 Å². The first kappa shape index (κ1) is 17.2. The summed E-state index contributed by atoms with van der Waals surface area (Å²) in [5.74, 6) is 0.867. The summed E-state index contributed by atoms with van der Waals surface area (Å²) in [4.78, 5) is 2.13. The molecule has 0 spiro atoms. The van der Waals surface area contributed by atoms with Crippen LogP contribution in [-0.4, -0.2) is 55.6 Å². The van der Waals surface area contributed by atoms with Crippen molar-refractivity contribution in [3.63, 3.8) is 0 Å². The van der Waals surface area contributed by atoms with Crippen molar-refractivity contribution < 1.29 is 14.6 Å². The van der Waals surface area contributed by atoms with Crippen LogP contribution in [0, 0.1) is 0 Å². The van der Waals surface area contributed by atoms with Crippen molar-refractivity contribution in [2.45, 2.75) is 31.5 Å². The van der Waals surface area contributed by atoms with Gasteiger partial charge in [-0.25, -0.2) is 0 Å². The number of nitrogens with zero attached hydrogens (tertiary/aromatic N) is 1. The van der Waals surface area contributed by atoms with Crippen LogP contribution in [0.25, 0.3) is 10.8 Å². The van der Waals surface area contributed by atoms with Gasteiger partial charge >= 0.3 is 0 Å². The SMILES string of the molecule is C1CCOC1.CN1CC[C@@H](Oc2cccc3ccccc23)[C@H](O)C1. The van der Waals surface area contributed by atoms with E-state index in [0.717, 1.165) is 37.3 Å². The molecule has 2 aliphatic heterocycles. The Hall–Kier alpha value is -1.62. The van der Waals surface area contributed by atoms with Crippen LogP contribution < -0.4 is 4.74 Å². The molecule has 24 heavy (non-hydrogen) atoms. The number of likely N-dealkylation sites (N-methyl/N-ethyl adjacent to an activating group) is 1. The van der Waals surface area contributed by atoms with Gasteiger partial charge < -0.3 is 19.5 Å². The molecule has 0 aromatic heterocycles. The second kappa shape index (κ2) is 8.47. The molecule has 0 aliphatic carbocycles. The lowest BCUT2D eigenvalue weighted by Gasteiger charge is -2.33. The van der Waals surface area contributed by atoms with Crippen LogP contribution in [-0.2, 0) is 4.74 Å². The number of hydrogen-bond acceptors (Lipinski definition) is 4. The molecule has 2 heterocycles. The van der Waals surface area contributed by atoms with Gasteiger partial charge in [-0.2, -0.15) is 0 Å². The Labute approximate surface area is 144 Å². The summed E-state index contributed by atoms with van der Waals surface area (Å²) in [5.41, 5.74) is 0. The number of aliphatic hydroxyl groups excluding tert-OH is 1. The topological polar surface area (TPSA) is 41.9 Å². The molecule has 130 valence electrons. The summed E-state index contributed by atoms with van der Waals surface area (Å²) in [6.07, 6.45) is 2.89. The standard InChI is InChI=1S/C16H19NO2.C4H8O/c1-17-10-9-16(14(18)11-17)19-15-8-4-6-12-5-2-3-7-13(12)15;1-2-4-5-3-1/h2-8,14,16,18H,9-11H2,1H3;1-4H2/t14-,16-;/m1./s1. The Balaban J connectivity index is 0.000000290. The minimum Gasteiger partial charge on any atom is -0.487 e. The molecule has 0 amide bonds. The first-order valence-corrected chi connectivity index (χ1v) is 8.83. The van der Waals surface area contributed by atoms with Crippen molar-refractivity contribution in [2.24, 2.45) is 0 Å². The zero-order valence-electron chi connectivity index (χ0n) is 14.4. The third-order valence-corrected chi connectivity index (χ3v) is 4.58. The minimum absolute atomic E-state index is 0.109. The van der Waals surface area contributed by atoms with E-state index < -0.39 is 6.10 Å². The molecule has 2 fully saturated rings. The molecule has 4 heteroatoms. The average Bonchev–Trinajstić information content (AvgIpc) is 3.17. The summed E-state index contributed by atoms with van der Waals surface area (Å²) < 4.78 is 11.0. The zero-order chi connectivity index (χ0) is 16.8. The summed E-state index contributed by atoms with van der Waals surface area (Å²) >= 11 is 0. The zero-order valence-corrected chi connectivity index (χ0v) is 14.4. The van der Waals surface area contributed by atoms with E-state index in [9.17, 15) is 5.11 Å². The van der Waals surface area contributed by atoms with Crippen LogP contribution in [0.15, 0.2) is 42.5 Å². The lowest BCUT2D eigenvalue weighted by molar-refractivity contribution is -0.0175. The van der Waals surface area contributed by atoms with Gasteiger partial charge in [0.2, 0.25) is 0 Å². The lowest BCUT2D eigenvalue weighted by atomic mass is 10.0. The quantitative estimate of drug-likeness (QED) is 0.919. The Morgan fingerprint density at radius 2 is 1.83 bits per heavy atom. The van der Waals surface area contributed by atoms with E-state index in [2.05, 4.69) is 23.1 Å². The fourth-order valence-electron chi connectivity index (χ4n) is 3.18. The van der Waals surface area contributed by atoms with Crippen molar-refractivity contribution in [3.8, 4) is 5.75 Å². The van der Waals surface area contributed by atoms with Crippen molar-refractivity contribution in [1.82, 2.24) is 4.90 Å². The van der Waals surface area contributed by atoms with Crippen LogP contribution in [0.1, 0.15) is 19.3 Å². The molecule has 4 nitrogen and oxygen atoms in total. The number of β-amino-alcohol motifs (C(OH)–C–C–N with tert-alkyl or cyclic N) is 1. The molecule has 2 aromatic rings. The van der Waals surface area contributed by atoms with E-state index in [1.807, 2.05) is 31.3 Å².